The van der Waals surface area contributed by atoms with E-state index < -0.39 is 12.1 Å². The van der Waals surface area contributed by atoms with Crippen molar-refractivity contribution in [2.45, 2.75) is 13.0 Å². The maximum Gasteiger partial charge on any atom is 0.344 e. The number of hydrogen-bond donors (Lipinski definition) is 2. The van der Waals surface area contributed by atoms with Gasteiger partial charge in [-0.05, 0) is 55.0 Å². The molecule has 7 nitrogen and oxygen atoms in total. The highest BCUT2D eigenvalue weighted by Gasteiger charge is 2.11. The van der Waals surface area contributed by atoms with Gasteiger partial charge in [-0.1, -0.05) is 6.07 Å². The van der Waals surface area contributed by atoms with Crippen molar-refractivity contribution < 1.29 is 19.4 Å². The molecule has 0 aromatic heterocycles. The molecular formula is C19H21N3O4. The third kappa shape index (κ3) is 5.34. The van der Waals surface area contributed by atoms with Gasteiger partial charge >= 0.3 is 5.97 Å². The Labute approximate surface area is 151 Å². The molecule has 0 aliphatic rings. The van der Waals surface area contributed by atoms with Gasteiger partial charge in [0.25, 0.3) is 5.91 Å². The van der Waals surface area contributed by atoms with Crippen molar-refractivity contribution in [3.63, 3.8) is 0 Å². The zero-order valence-corrected chi connectivity index (χ0v) is 14.8. The average molecular weight is 355 g/mol. The van der Waals surface area contributed by atoms with Gasteiger partial charge in [-0.25, -0.2) is 10.2 Å². The topological polar surface area (TPSA) is 91.2 Å². The van der Waals surface area contributed by atoms with Crippen LogP contribution in [0.1, 0.15) is 22.8 Å². The van der Waals surface area contributed by atoms with Crippen LogP contribution in [0.4, 0.5) is 5.69 Å². The average Bonchev–Trinajstić information content (AvgIpc) is 2.63. The molecule has 0 fully saturated rings. The fraction of sp³-hybridized carbons (Fsp3) is 0.211. The fourth-order valence-corrected chi connectivity index (χ4v) is 2.04. The Morgan fingerprint density at radius 2 is 1.88 bits per heavy atom. The number of nitrogens with one attached hydrogen (secondary N) is 1. The number of aliphatic carboxylic acids is 1. The van der Waals surface area contributed by atoms with Crippen molar-refractivity contribution >= 4 is 23.8 Å². The molecule has 0 spiro atoms. The molecule has 136 valence electrons. The molecule has 2 aromatic carbocycles. The number of carboxylic acids is 1. The van der Waals surface area contributed by atoms with E-state index in [4.69, 9.17) is 9.84 Å². The molecule has 0 saturated heterocycles. The number of benzene rings is 2. The van der Waals surface area contributed by atoms with Crippen LogP contribution >= 0.6 is 0 Å². The van der Waals surface area contributed by atoms with Crippen LogP contribution in [-0.2, 0) is 4.79 Å². The van der Waals surface area contributed by atoms with Crippen LogP contribution in [0.25, 0.3) is 0 Å². The summed E-state index contributed by atoms with van der Waals surface area (Å²) in [6.07, 6.45) is 0.574. The molecule has 2 rings (SSSR count). The number of carbonyl (C=O) groups excluding carboxylic acids is 1. The van der Waals surface area contributed by atoms with Crippen LogP contribution in [0.3, 0.4) is 0 Å². The molecule has 0 heterocycles. The summed E-state index contributed by atoms with van der Waals surface area (Å²) in [4.78, 5) is 24.8. The number of hydrazone groups is 1. The van der Waals surface area contributed by atoms with Gasteiger partial charge in [0.2, 0.25) is 0 Å². The van der Waals surface area contributed by atoms with Crippen molar-refractivity contribution in [2.24, 2.45) is 5.10 Å². The molecular weight excluding hydrogens is 334 g/mol. The number of rotatable bonds is 7. The first-order valence-corrected chi connectivity index (χ1v) is 7.97. The Kier molecular flexibility index (Phi) is 6.32. The Hall–Kier alpha value is -3.35. The van der Waals surface area contributed by atoms with Crippen molar-refractivity contribution in [3.8, 4) is 5.75 Å². The number of anilines is 1. The zero-order valence-electron chi connectivity index (χ0n) is 14.8. The van der Waals surface area contributed by atoms with Gasteiger partial charge < -0.3 is 14.7 Å². The summed E-state index contributed by atoms with van der Waals surface area (Å²) in [6.45, 7) is 1.46. The Balaban J connectivity index is 1.94. The number of nitrogens with zero attached hydrogens (tertiary/aromatic N) is 2. The van der Waals surface area contributed by atoms with Crippen molar-refractivity contribution in [2.75, 3.05) is 19.0 Å². The first-order valence-electron chi connectivity index (χ1n) is 7.97. The van der Waals surface area contributed by atoms with Gasteiger partial charge in [0, 0.05) is 25.3 Å². The molecule has 2 N–H and O–H groups in total. The van der Waals surface area contributed by atoms with E-state index in [2.05, 4.69) is 10.5 Å². The van der Waals surface area contributed by atoms with Crippen LogP contribution in [0.15, 0.2) is 53.6 Å². The van der Waals surface area contributed by atoms with Gasteiger partial charge in [0.1, 0.15) is 5.75 Å². The van der Waals surface area contributed by atoms with Crippen LogP contribution in [0, 0.1) is 0 Å². The molecule has 1 amide bonds. The SMILES string of the molecule is CC(Oc1ccc(C=NNC(=O)c2cccc(N(C)C)c2)cc1)C(=O)O. The van der Waals surface area contributed by atoms with E-state index in [-0.39, 0.29) is 5.91 Å². The minimum Gasteiger partial charge on any atom is -0.479 e. The smallest absolute Gasteiger partial charge is 0.344 e. The van der Waals surface area contributed by atoms with Crippen molar-refractivity contribution in [1.82, 2.24) is 5.43 Å². The molecule has 1 unspecified atom stereocenters. The fourth-order valence-electron chi connectivity index (χ4n) is 2.04. The molecule has 0 aliphatic carbocycles. The van der Waals surface area contributed by atoms with Gasteiger partial charge in [-0.2, -0.15) is 5.10 Å². The summed E-state index contributed by atoms with van der Waals surface area (Å²) in [7, 11) is 3.81. The van der Waals surface area contributed by atoms with Gasteiger partial charge in [0.05, 0.1) is 6.21 Å². The van der Waals surface area contributed by atoms with E-state index in [0.29, 0.717) is 11.3 Å². The summed E-state index contributed by atoms with van der Waals surface area (Å²) in [6, 6.07) is 13.9. The number of carboxylic acid groups (broad SMARTS) is 1. The van der Waals surface area contributed by atoms with Crippen LogP contribution < -0.4 is 15.1 Å². The summed E-state index contributed by atoms with van der Waals surface area (Å²) >= 11 is 0. The summed E-state index contributed by atoms with van der Waals surface area (Å²) < 4.78 is 5.24. The highest BCUT2D eigenvalue weighted by atomic mass is 16.5. The highest BCUT2D eigenvalue weighted by Crippen LogP contribution is 2.14. The molecule has 0 saturated carbocycles. The second-order valence-corrected chi connectivity index (χ2v) is 5.81. The van der Waals surface area contributed by atoms with Gasteiger partial charge in [-0.3, -0.25) is 4.79 Å². The molecule has 0 aliphatic heterocycles. The van der Waals surface area contributed by atoms with Gasteiger partial charge in [0.15, 0.2) is 6.10 Å². The van der Waals surface area contributed by atoms with Crippen LogP contribution in [-0.4, -0.2) is 43.4 Å². The number of amides is 1. The van der Waals surface area contributed by atoms with E-state index in [1.165, 1.54) is 13.1 Å². The summed E-state index contributed by atoms with van der Waals surface area (Å²) in [5, 5.41) is 12.8. The number of carbonyl (C=O) groups is 2. The highest BCUT2D eigenvalue weighted by molar-refractivity contribution is 5.95. The quantitative estimate of drug-likeness (QED) is 0.588. The van der Waals surface area contributed by atoms with Crippen molar-refractivity contribution in [3.05, 3.63) is 59.7 Å². The third-order valence-corrected chi connectivity index (χ3v) is 3.55. The van der Waals surface area contributed by atoms with E-state index in [9.17, 15) is 9.59 Å². The third-order valence-electron chi connectivity index (χ3n) is 3.55. The van der Waals surface area contributed by atoms with E-state index in [0.717, 1.165) is 11.3 Å². The van der Waals surface area contributed by atoms with Crippen molar-refractivity contribution in [1.29, 1.82) is 0 Å². The maximum atomic E-state index is 12.1. The standard InChI is InChI=1S/C19H21N3O4/c1-13(19(24)25)26-17-9-7-14(8-10-17)12-20-21-18(23)15-5-4-6-16(11-15)22(2)3/h4-13H,1-3H3,(H,21,23)(H,24,25). The largest absolute Gasteiger partial charge is 0.479 e. The molecule has 0 radical (unpaired) electrons. The molecule has 1 atom stereocenters. The van der Waals surface area contributed by atoms with E-state index in [1.807, 2.05) is 31.1 Å². The molecule has 7 heteroatoms. The lowest BCUT2D eigenvalue weighted by molar-refractivity contribution is -0.144. The number of hydrogen-bond acceptors (Lipinski definition) is 5. The minimum absolute atomic E-state index is 0.305. The second-order valence-electron chi connectivity index (χ2n) is 5.81. The monoisotopic (exact) mass is 355 g/mol. The van der Waals surface area contributed by atoms with Crippen LogP contribution in [0.2, 0.25) is 0 Å². The molecule has 0 bridgehead atoms. The second kappa shape index (κ2) is 8.66. The lowest BCUT2D eigenvalue weighted by Gasteiger charge is -2.12. The lowest BCUT2D eigenvalue weighted by atomic mass is 10.2. The zero-order chi connectivity index (χ0) is 19.1. The minimum atomic E-state index is -1.03. The summed E-state index contributed by atoms with van der Waals surface area (Å²) in [5.74, 6) is -0.890. The molecule has 2 aromatic rings. The Bertz CT molecular complexity index is 801. The van der Waals surface area contributed by atoms with Crippen LogP contribution in [0.5, 0.6) is 5.75 Å². The van der Waals surface area contributed by atoms with E-state index in [1.54, 1.807) is 36.4 Å². The normalized spacial score (nSPS) is 11.8. The summed E-state index contributed by atoms with van der Waals surface area (Å²) in [5.41, 5.74) is 4.65. The first kappa shape index (κ1) is 19.0. The Morgan fingerprint density at radius 1 is 1.19 bits per heavy atom. The Morgan fingerprint density at radius 3 is 2.50 bits per heavy atom. The predicted molar refractivity (Wildman–Crippen MR) is 100.0 cm³/mol. The maximum absolute atomic E-state index is 12.1. The van der Waals surface area contributed by atoms with Gasteiger partial charge in [-0.15, -0.1) is 0 Å². The van der Waals surface area contributed by atoms with E-state index >= 15 is 0 Å². The first-order chi connectivity index (χ1) is 12.4. The lowest BCUT2D eigenvalue weighted by Crippen LogP contribution is -2.22. The number of ether oxygens (including phenoxy) is 1. The molecule has 26 heavy (non-hydrogen) atoms. The predicted octanol–water partition coefficient (Wildman–Crippen LogP) is 2.37.